The highest BCUT2D eigenvalue weighted by Gasteiger charge is 2.19. The molecule has 0 radical (unpaired) electrons. The van der Waals surface area contributed by atoms with E-state index >= 15 is 0 Å². The van der Waals surface area contributed by atoms with Crippen molar-refractivity contribution in [2.24, 2.45) is 0 Å². The molecule has 0 aliphatic rings. The lowest BCUT2D eigenvalue weighted by Crippen LogP contribution is -2.30. The van der Waals surface area contributed by atoms with Crippen molar-refractivity contribution in [1.82, 2.24) is 0 Å². The van der Waals surface area contributed by atoms with Gasteiger partial charge in [-0.1, -0.05) is 219 Å². The number of hydrogen-bond donors (Lipinski definition) is 0. The summed E-state index contributed by atoms with van der Waals surface area (Å²) in [5, 5.41) is 0. The highest BCUT2D eigenvalue weighted by molar-refractivity contribution is 5.71. The van der Waals surface area contributed by atoms with E-state index in [2.05, 4.69) is 130 Å². The van der Waals surface area contributed by atoms with Gasteiger partial charge in [0.25, 0.3) is 0 Å². The molecule has 6 nitrogen and oxygen atoms in total. The van der Waals surface area contributed by atoms with E-state index in [1.54, 1.807) is 0 Å². The third kappa shape index (κ3) is 52.8. The van der Waals surface area contributed by atoms with Gasteiger partial charge in [-0.25, -0.2) is 0 Å². The zero-order valence-electron chi connectivity index (χ0n) is 43.8. The molecule has 0 aromatic rings. The lowest BCUT2D eigenvalue weighted by molar-refractivity contribution is -0.166. The first-order valence-corrected chi connectivity index (χ1v) is 27.5. The fraction of sp³-hybridized carbons (Fsp3) is 0.629. The monoisotopic (exact) mass is 941 g/mol. The van der Waals surface area contributed by atoms with Crippen molar-refractivity contribution >= 4 is 17.9 Å². The van der Waals surface area contributed by atoms with Crippen LogP contribution in [0.4, 0.5) is 0 Å². The largest absolute Gasteiger partial charge is 0.462 e. The third-order valence-electron chi connectivity index (χ3n) is 11.2. The maximum absolute atomic E-state index is 12.8. The van der Waals surface area contributed by atoms with Gasteiger partial charge in [0.1, 0.15) is 13.2 Å². The van der Waals surface area contributed by atoms with Gasteiger partial charge in [0.05, 0.1) is 0 Å². The second-order valence-corrected chi connectivity index (χ2v) is 17.7. The predicted molar refractivity (Wildman–Crippen MR) is 293 cm³/mol. The number of esters is 3. The summed E-state index contributed by atoms with van der Waals surface area (Å²) in [5.74, 6) is -1.06. The van der Waals surface area contributed by atoms with Crippen molar-refractivity contribution in [2.45, 2.75) is 239 Å². The zero-order valence-corrected chi connectivity index (χ0v) is 43.8. The molecule has 68 heavy (non-hydrogen) atoms. The van der Waals surface area contributed by atoms with E-state index in [0.29, 0.717) is 25.7 Å². The van der Waals surface area contributed by atoms with Gasteiger partial charge in [-0.3, -0.25) is 14.4 Å². The Balaban J connectivity index is 4.52. The standard InChI is InChI=1S/C62H100O6/c1-4-7-10-13-16-19-22-25-27-29-31-33-35-37-40-43-46-49-52-55-61(64)67-58-59(57-66-60(63)54-51-48-45-42-39-24-21-18-15-12-9-6-3)68-62(65)56-53-50-47-44-41-38-36-34-32-30-28-26-23-20-17-14-11-8-5-2/h7,9-10,12,16,18-19,21,25,27,30-33,37,39-40,42,46,49,59H,4-6,8,11,13-15,17,20,22-24,26,28-29,34-36,38,41,43-45,47-48,50-58H2,1-3H3/b10-7-,12-9-,19-16-,21-18-,27-25-,32-30-,33-31-,40-37-,42-39-,49-46-. The maximum Gasteiger partial charge on any atom is 0.306 e. The van der Waals surface area contributed by atoms with E-state index in [1.165, 1.54) is 89.9 Å². The van der Waals surface area contributed by atoms with E-state index < -0.39 is 6.10 Å². The molecule has 0 N–H and O–H groups in total. The number of hydrogen-bond acceptors (Lipinski definition) is 6. The Labute approximate surface area is 418 Å². The van der Waals surface area contributed by atoms with Crippen LogP contribution in [0.15, 0.2) is 122 Å². The second-order valence-electron chi connectivity index (χ2n) is 17.7. The summed E-state index contributed by atoms with van der Waals surface area (Å²) < 4.78 is 16.7. The molecular formula is C62H100O6. The quantitative estimate of drug-likeness (QED) is 0.0262. The first-order chi connectivity index (χ1) is 33.5. The smallest absolute Gasteiger partial charge is 0.306 e. The van der Waals surface area contributed by atoms with Crippen LogP contribution in [0.3, 0.4) is 0 Å². The van der Waals surface area contributed by atoms with E-state index in [-0.39, 0.29) is 37.5 Å². The molecule has 0 fully saturated rings. The van der Waals surface area contributed by atoms with Crippen LogP contribution in [0, 0.1) is 0 Å². The molecule has 0 heterocycles. The van der Waals surface area contributed by atoms with Crippen LogP contribution in [0.2, 0.25) is 0 Å². The van der Waals surface area contributed by atoms with Gasteiger partial charge in [-0.15, -0.1) is 0 Å². The molecule has 6 heteroatoms. The number of carbonyl (C=O) groups excluding carboxylic acids is 3. The number of unbranched alkanes of at least 4 members (excludes halogenated alkanes) is 17. The minimum absolute atomic E-state index is 0.126. The molecule has 0 rings (SSSR count). The topological polar surface area (TPSA) is 78.9 Å². The fourth-order valence-electron chi connectivity index (χ4n) is 7.12. The zero-order chi connectivity index (χ0) is 49.3. The molecule has 0 aliphatic carbocycles. The van der Waals surface area contributed by atoms with Crippen LogP contribution in [0.5, 0.6) is 0 Å². The summed E-state index contributed by atoms with van der Waals surface area (Å²) in [6.45, 7) is 6.30. The Morgan fingerprint density at radius 2 is 0.603 bits per heavy atom. The van der Waals surface area contributed by atoms with Crippen LogP contribution < -0.4 is 0 Å². The minimum atomic E-state index is -0.830. The summed E-state index contributed by atoms with van der Waals surface area (Å²) in [5.41, 5.74) is 0. The van der Waals surface area contributed by atoms with Gasteiger partial charge < -0.3 is 14.2 Å². The number of allylic oxidation sites excluding steroid dienone is 20. The average Bonchev–Trinajstić information content (AvgIpc) is 3.34. The van der Waals surface area contributed by atoms with Crippen molar-refractivity contribution in [2.75, 3.05) is 13.2 Å². The lowest BCUT2D eigenvalue weighted by Gasteiger charge is -2.18. The normalized spacial score (nSPS) is 13.0. The fourth-order valence-corrected chi connectivity index (χ4v) is 7.12. The minimum Gasteiger partial charge on any atom is -0.462 e. The summed E-state index contributed by atoms with van der Waals surface area (Å²) in [4.78, 5) is 38.0. The molecule has 0 saturated heterocycles. The maximum atomic E-state index is 12.8. The van der Waals surface area contributed by atoms with Gasteiger partial charge >= 0.3 is 17.9 Å². The first-order valence-electron chi connectivity index (χ1n) is 27.5. The first kappa shape index (κ1) is 63.8. The molecule has 0 bridgehead atoms. The molecule has 0 amide bonds. The van der Waals surface area contributed by atoms with Crippen LogP contribution in [0.25, 0.3) is 0 Å². The molecular weight excluding hydrogens is 841 g/mol. The molecule has 0 aromatic heterocycles. The lowest BCUT2D eigenvalue weighted by atomic mass is 10.1. The Morgan fingerprint density at radius 1 is 0.309 bits per heavy atom. The molecule has 0 spiro atoms. The van der Waals surface area contributed by atoms with E-state index in [0.717, 1.165) is 89.9 Å². The Hall–Kier alpha value is -4.19. The summed E-state index contributed by atoms with van der Waals surface area (Å²) in [7, 11) is 0. The van der Waals surface area contributed by atoms with Crippen molar-refractivity contribution in [3.63, 3.8) is 0 Å². The molecule has 0 saturated carbocycles. The van der Waals surface area contributed by atoms with Crippen LogP contribution in [0.1, 0.15) is 233 Å². The highest BCUT2D eigenvalue weighted by atomic mass is 16.6. The predicted octanol–water partition coefficient (Wildman–Crippen LogP) is 18.5. The van der Waals surface area contributed by atoms with E-state index in [9.17, 15) is 14.4 Å². The Bertz CT molecular complexity index is 1450. The van der Waals surface area contributed by atoms with Gasteiger partial charge in [-0.2, -0.15) is 0 Å². The van der Waals surface area contributed by atoms with Crippen molar-refractivity contribution in [3.8, 4) is 0 Å². The van der Waals surface area contributed by atoms with Crippen molar-refractivity contribution in [3.05, 3.63) is 122 Å². The van der Waals surface area contributed by atoms with Gasteiger partial charge in [0.15, 0.2) is 6.10 Å². The molecule has 384 valence electrons. The molecule has 1 unspecified atom stereocenters. The van der Waals surface area contributed by atoms with Gasteiger partial charge in [0.2, 0.25) is 0 Å². The Kier molecular flexibility index (Phi) is 52.0. The van der Waals surface area contributed by atoms with Gasteiger partial charge in [-0.05, 0) is 116 Å². The summed E-state index contributed by atoms with van der Waals surface area (Å²) >= 11 is 0. The van der Waals surface area contributed by atoms with Crippen LogP contribution >= 0.6 is 0 Å². The van der Waals surface area contributed by atoms with E-state index in [1.807, 2.05) is 12.2 Å². The van der Waals surface area contributed by atoms with Gasteiger partial charge in [0, 0.05) is 19.3 Å². The second kappa shape index (κ2) is 55.4. The van der Waals surface area contributed by atoms with Crippen molar-refractivity contribution < 1.29 is 28.6 Å². The van der Waals surface area contributed by atoms with Crippen LogP contribution in [-0.4, -0.2) is 37.2 Å². The summed E-state index contributed by atoms with van der Waals surface area (Å²) in [6, 6.07) is 0. The average molecular weight is 941 g/mol. The summed E-state index contributed by atoms with van der Waals surface area (Å²) in [6.07, 6.45) is 76.4. The molecule has 1 atom stereocenters. The Morgan fingerprint density at radius 3 is 1.03 bits per heavy atom. The molecule has 0 aromatic carbocycles. The highest BCUT2D eigenvalue weighted by Crippen LogP contribution is 2.14. The van der Waals surface area contributed by atoms with Crippen LogP contribution in [-0.2, 0) is 28.6 Å². The SMILES string of the molecule is CC/C=C\C/C=C\C/C=C\C/C=C\C/C=C\C/C=C\CCC(=O)OCC(COC(=O)CCCC/C=C\C/C=C\C/C=C\CC)OC(=O)CCCCCCCCC/C=C\CCCCCCCCCC. The number of ether oxygens (including phenoxy) is 3. The number of carbonyl (C=O) groups is 3. The number of rotatable bonds is 48. The van der Waals surface area contributed by atoms with Crippen molar-refractivity contribution in [1.29, 1.82) is 0 Å². The van der Waals surface area contributed by atoms with E-state index in [4.69, 9.17) is 14.2 Å². The third-order valence-corrected chi connectivity index (χ3v) is 11.2. The molecule has 0 aliphatic heterocycles.